The molecule has 0 saturated heterocycles. The zero-order valence-corrected chi connectivity index (χ0v) is 36.1. The second-order valence-corrected chi connectivity index (χ2v) is 15.4. The van der Waals surface area contributed by atoms with Crippen molar-refractivity contribution in [2.45, 2.75) is 226 Å². The molecule has 0 aliphatic rings. The number of nitrogens with zero attached hydrogens (tertiary/aromatic N) is 1. The Balaban J connectivity index is 4.31. The number of allylic oxidation sites excluding steroid dienone is 4. The first-order valence-electron chi connectivity index (χ1n) is 23.1. The summed E-state index contributed by atoms with van der Waals surface area (Å²) in [6, 6.07) is 0. The fourth-order valence-electron chi connectivity index (χ4n) is 6.64. The van der Waals surface area contributed by atoms with Crippen molar-refractivity contribution in [1.82, 2.24) is 10.2 Å². The Morgan fingerprint density at radius 1 is 0.500 bits per heavy atom. The largest absolute Gasteiger partial charge is 0.462 e. The zero-order valence-electron chi connectivity index (χ0n) is 36.1. The quantitative estimate of drug-likeness (QED) is 0.0379. The molecular formula is C47H88N2O5. The third kappa shape index (κ3) is 38.1. The predicted octanol–water partition coefficient (Wildman–Crippen LogP) is 12.8. The summed E-state index contributed by atoms with van der Waals surface area (Å²) < 4.78 is 11.3. The van der Waals surface area contributed by atoms with Crippen molar-refractivity contribution in [2.24, 2.45) is 0 Å². The van der Waals surface area contributed by atoms with Crippen molar-refractivity contribution in [3.8, 4) is 0 Å². The standard InChI is InChI=1S/C47H88N2O5/c1-5-9-11-13-15-17-19-21-23-25-27-29-31-33-35-39-46(51)53-43-44(42-48-45(50)38-37-41-49(7-3)8-4)54-47(52)40-36-34-32-30-28-26-24-22-20-18-16-14-12-10-6-2/h21-24,44H,5-20,25-43H2,1-4H3,(H,48,50)/b23-21-,24-22-. The lowest BCUT2D eigenvalue weighted by Crippen LogP contribution is -2.38. The van der Waals surface area contributed by atoms with Crippen molar-refractivity contribution < 1.29 is 23.9 Å². The van der Waals surface area contributed by atoms with Crippen molar-refractivity contribution in [3.05, 3.63) is 24.3 Å². The summed E-state index contributed by atoms with van der Waals surface area (Å²) in [5, 5.41) is 2.91. The van der Waals surface area contributed by atoms with Gasteiger partial charge >= 0.3 is 11.9 Å². The maximum atomic E-state index is 12.7. The molecule has 7 heteroatoms. The topological polar surface area (TPSA) is 84.9 Å². The van der Waals surface area contributed by atoms with Gasteiger partial charge in [-0.25, -0.2) is 0 Å². The van der Waals surface area contributed by atoms with Crippen LogP contribution in [0.1, 0.15) is 220 Å². The molecule has 316 valence electrons. The number of carbonyl (C=O) groups excluding carboxylic acids is 3. The molecule has 0 saturated carbocycles. The second-order valence-electron chi connectivity index (χ2n) is 15.4. The average Bonchev–Trinajstić information content (AvgIpc) is 3.17. The molecule has 0 heterocycles. The maximum absolute atomic E-state index is 12.7. The fraction of sp³-hybridized carbons (Fsp3) is 0.851. The molecule has 0 fully saturated rings. The fourth-order valence-corrected chi connectivity index (χ4v) is 6.64. The lowest BCUT2D eigenvalue weighted by molar-refractivity contribution is -0.159. The van der Waals surface area contributed by atoms with Crippen LogP contribution in [0.5, 0.6) is 0 Å². The molecule has 1 atom stereocenters. The summed E-state index contributed by atoms with van der Waals surface area (Å²) in [5.74, 6) is -0.627. The molecule has 0 aromatic carbocycles. The smallest absolute Gasteiger partial charge is 0.306 e. The van der Waals surface area contributed by atoms with Gasteiger partial charge in [0, 0.05) is 19.3 Å². The number of esters is 2. The summed E-state index contributed by atoms with van der Waals surface area (Å²) in [6.07, 6.45) is 42.0. The Bertz CT molecular complexity index is 901. The van der Waals surface area contributed by atoms with E-state index in [2.05, 4.69) is 62.2 Å². The van der Waals surface area contributed by atoms with Crippen LogP contribution in [0.25, 0.3) is 0 Å². The first-order valence-corrected chi connectivity index (χ1v) is 23.1. The molecule has 0 spiro atoms. The number of ether oxygens (including phenoxy) is 2. The highest BCUT2D eigenvalue weighted by Crippen LogP contribution is 2.13. The summed E-state index contributed by atoms with van der Waals surface area (Å²) >= 11 is 0. The van der Waals surface area contributed by atoms with Crippen LogP contribution in [-0.4, -0.2) is 61.6 Å². The lowest BCUT2D eigenvalue weighted by Gasteiger charge is -2.20. The van der Waals surface area contributed by atoms with E-state index in [4.69, 9.17) is 9.47 Å². The van der Waals surface area contributed by atoms with Gasteiger partial charge in [0.15, 0.2) is 6.10 Å². The average molecular weight is 761 g/mol. The van der Waals surface area contributed by atoms with Gasteiger partial charge in [0.1, 0.15) is 6.61 Å². The van der Waals surface area contributed by atoms with Crippen LogP contribution in [0, 0.1) is 0 Å². The van der Waals surface area contributed by atoms with E-state index in [9.17, 15) is 14.4 Å². The normalized spacial score (nSPS) is 12.2. The monoisotopic (exact) mass is 761 g/mol. The Morgan fingerprint density at radius 2 is 0.907 bits per heavy atom. The van der Waals surface area contributed by atoms with E-state index in [1.807, 2.05) is 0 Å². The maximum Gasteiger partial charge on any atom is 0.306 e. The summed E-state index contributed by atoms with van der Waals surface area (Å²) in [6.45, 7) is 11.7. The Morgan fingerprint density at radius 3 is 1.35 bits per heavy atom. The Labute approximate surface area is 334 Å². The van der Waals surface area contributed by atoms with Crippen LogP contribution in [-0.2, 0) is 23.9 Å². The molecule has 0 radical (unpaired) electrons. The second kappa shape index (κ2) is 42.0. The number of hydrogen-bond donors (Lipinski definition) is 1. The van der Waals surface area contributed by atoms with Gasteiger partial charge in [-0.2, -0.15) is 0 Å². The molecule has 0 bridgehead atoms. The van der Waals surface area contributed by atoms with Gasteiger partial charge in [-0.3, -0.25) is 14.4 Å². The molecule has 1 amide bonds. The van der Waals surface area contributed by atoms with Gasteiger partial charge < -0.3 is 19.7 Å². The number of nitrogens with one attached hydrogen (secondary N) is 1. The molecule has 0 aliphatic heterocycles. The van der Waals surface area contributed by atoms with Gasteiger partial charge in [0.2, 0.25) is 5.91 Å². The van der Waals surface area contributed by atoms with Gasteiger partial charge in [0.25, 0.3) is 0 Å². The number of amides is 1. The number of hydrogen-bond acceptors (Lipinski definition) is 6. The Kier molecular flexibility index (Phi) is 40.3. The van der Waals surface area contributed by atoms with E-state index in [1.54, 1.807) is 0 Å². The summed E-state index contributed by atoms with van der Waals surface area (Å²) in [7, 11) is 0. The molecule has 0 aliphatic carbocycles. The van der Waals surface area contributed by atoms with E-state index in [0.29, 0.717) is 19.3 Å². The molecule has 0 aromatic rings. The van der Waals surface area contributed by atoms with Crippen LogP contribution < -0.4 is 5.32 Å². The predicted molar refractivity (Wildman–Crippen MR) is 230 cm³/mol. The van der Waals surface area contributed by atoms with Gasteiger partial charge in [-0.1, -0.05) is 155 Å². The van der Waals surface area contributed by atoms with Crippen LogP contribution in [0.15, 0.2) is 24.3 Å². The number of rotatable bonds is 41. The minimum absolute atomic E-state index is 0.0260. The third-order valence-electron chi connectivity index (χ3n) is 10.3. The molecular weight excluding hydrogens is 673 g/mol. The van der Waals surface area contributed by atoms with E-state index in [0.717, 1.165) is 77.4 Å². The number of unbranched alkanes of at least 4 members (excludes halogenated alkanes) is 22. The minimum Gasteiger partial charge on any atom is -0.462 e. The van der Waals surface area contributed by atoms with Gasteiger partial charge in [-0.15, -0.1) is 0 Å². The Hall–Kier alpha value is -2.15. The van der Waals surface area contributed by atoms with E-state index in [-0.39, 0.29) is 31.0 Å². The lowest BCUT2D eigenvalue weighted by atomic mass is 10.1. The number of carbonyl (C=O) groups is 3. The highest BCUT2D eigenvalue weighted by molar-refractivity contribution is 5.76. The van der Waals surface area contributed by atoms with E-state index < -0.39 is 6.10 Å². The minimum atomic E-state index is -0.676. The SMILES string of the molecule is CCCCCCCC/C=C\CCCCCCCC(=O)OCC(CNC(=O)CCCN(CC)CC)OC(=O)CCCCCCC/C=C\CCCCCCCC. The highest BCUT2D eigenvalue weighted by atomic mass is 16.6. The summed E-state index contributed by atoms with van der Waals surface area (Å²) in [5.41, 5.74) is 0. The molecule has 0 aromatic heterocycles. The molecule has 7 nitrogen and oxygen atoms in total. The van der Waals surface area contributed by atoms with Crippen molar-refractivity contribution >= 4 is 17.8 Å². The first kappa shape index (κ1) is 51.9. The zero-order chi connectivity index (χ0) is 39.6. The molecule has 0 rings (SSSR count). The van der Waals surface area contributed by atoms with Crippen molar-refractivity contribution in [3.63, 3.8) is 0 Å². The first-order chi connectivity index (χ1) is 26.5. The van der Waals surface area contributed by atoms with Crippen LogP contribution in [0.3, 0.4) is 0 Å². The van der Waals surface area contributed by atoms with Crippen molar-refractivity contribution in [1.29, 1.82) is 0 Å². The summed E-state index contributed by atoms with van der Waals surface area (Å²) in [4.78, 5) is 40.1. The third-order valence-corrected chi connectivity index (χ3v) is 10.3. The molecule has 1 N–H and O–H groups in total. The van der Waals surface area contributed by atoms with Gasteiger partial charge in [0.05, 0.1) is 6.54 Å². The molecule has 1 unspecified atom stereocenters. The van der Waals surface area contributed by atoms with Gasteiger partial charge in [-0.05, 0) is 90.3 Å². The molecule has 54 heavy (non-hydrogen) atoms. The van der Waals surface area contributed by atoms with Crippen molar-refractivity contribution in [2.75, 3.05) is 32.8 Å². The van der Waals surface area contributed by atoms with Crippen LogP contribution in [0.2, 0.25) is 0 Å². The van der Waals surface area contributed by atoms with Crippen LogP contribution in [0.4, 0.5) is 0 Å². The van der Waals surface area contributed by atoms with E-state index >= 15 is 0 Å². The van der Waals surface area contributed by atoms with E-state index in [1.165, 1.54) is 116 Å². The highest BCUT2D eigenvalue weighted by Gasteiger charge is 2.18. The van der Waals surface area contributed by atoms with Crippen LogP contribution >= 0.6 is 0 Å².